The fraction of sp³-hybridized carbons (Fsp3) is 0.500. The van der Waals surface area contributed by atoms with Crippen LogP contribution in [0.1, 0.15) is 17.3 Å². The fourth-order valence-electron chi connectivity index (χ4n) is 0.905. The summed E-state index contributed by atoms with van der Waals surface area (Å²) in [4.78, 5) is 12.9. The lowest BCUT2D eigenvalue weighted by Crippen LogP contribution is -2.13. The number of hydrogen-bond donors (Lipinski definition) is 0. The van der Waals surface area contributed by atoms with Crippen LogP contribution in [0.4, 0.5) is 5.88 Å². The first kappa shape index (κ1) is 9.57. The summed E-state index contributed by atoms with van der Waals surface area (Å²) in [5.74, 6) is 0.00546. The molecule has 0 spiro atoms. The molecule has 13 heavy (non-hydrogen) atoms. The fourth-order valence-corrected chi connectivity index (χ4v) is 0.905. The van der Waals surface area contributed by atoms with E-state index < -0.39 is 5.97 Å². The summed E-state index contributed by atoms with van der Waals surface area (Å²) in [6.45, 7) is 2.09. The molecule has 0 saturated carbocycles. The maximum Gasteiger partial charge on any atom is 0.345 e. The van der Waals surface area contributed by atoms with Crippen molar-refractivity contribution in [3.05, 3.63) is 11.8 Å². The second-order valence-corrected chi connectivity index (χ2v) is 2.66. The van der Waals surface area contributed by atoms with Crippen LogP contribution in [0.25, 0.3) is 0 Å². The number of ether oxygens (including phenoxy) is 1. The standard InChI is InChI=1S/C8H12N2O3/c1-4-12-8(11)6-5-9-13-7(6)10(2)3/h5H,4H2,1-3H3. The van der Waals surface area contributed by atoms with E-state index in [4.69, 9.17) is 9.26 Å². The van der Waals surface area contributed by atoms with Gasteiger partial charge in [0, 0.05) is 14.1 Å². The highest BCUT2D eigenvalue weighted by Gasteiger charge is 2.18. The van der Waals surface area contributed by atoms with E-state index in [-0.39, 0.29) is 0 Å². The lowest BCUT2D eigenvalue weighted by molar-refractivity contribution is 0.0526. The van der Waals surface area contributed by atoms with Crippen molar-refractivity contribution in [1.29, 1.82) is 0 Å². The average Bonchev–Trinajstić information content (AvgIpc) is 2.52. The number of nitrogens with zero attached hydrogens (tertiary/aromatic N) is 2. The molecule has 5 nitrogen and oxygen atoms in total. The zero-order valence-electron chi connectivity index (χ0n) is 7.90. The molecule has 0 saturated heterocycles. The van der Waals surface area contributed by atoms with Crippen LogP contribution in [-0.2, 0) is 4.74 Å². The van der Waals surface area contributed by atoms with Crippen molar-refractivity contribution in [1.82, 2.24) is 5.16 Å². The van der Waals surface area contributed by atoms with Crippen molar-refractivity contribution in [3.8, 4) is 0 Å². The quantitative estimate of drug-likeness (QED) is 0.654. The van der Waals surface area contributed by atoms with E-state index in [2.05, 4.69) is 5.16 Å². The summed E-state index contributed by atoms with van der Waals surface area (Å²) in [6.07, 6.45) is 1.35. The molecule has 0 aliphatic carbocycles. The molecule has 0 N–H and O–H groups in total. The van der Waals surface area contributed by atoms with E-state index in [9.17, 15) is 4.79 Å². The van der Waals surface area contributed by atoms with Gasteiger partial charge in [0.15, 0.2) is 0 Å². The van der Waals surface area contributed by atoms with Crippen LogP contribution < -0.4 is 4.90 Å². The van der Waals surface area contributed by atoms with Gasteiger partial charge in [0.05, 0.1) is 12.8 Å². The summed E-state index contributed by atoms with van der Waals surface area (Å²) in [5.41, 5.74) is 0.354. The Morgan fingerprint density at radius 3 is 2.92 bits per heavy atom. The lowest BCUT2D eigenvalue weighted by atomic mass is 10.3. The normalized spacial score (nSPS) is 9.77. The molecule has 1 heterocycles. The Labute approximate surface area is 76.3 Å². The van der Waals surface area contributed by atoms with Gasteiger partial charge < -0.3 is 14.2 Å². The van der Waals surface area contributed by atoms with Gasteiger partial charge in [-0.05, 0) is 6.92 Å². The summed E-state index contributed by atoms with van der Waals surface area (Å²) in [7, 11) is 3.53. The molecule has 0 bridgehead atoms. The Morgan fingerprint density at radius 2 is 2.38 bits per heavy atom. The Balaban J connectivity index is 2.87. The van der Waals surface area contributed by atoms with Crippen LogP contribution in [0.15, 0.2) is 10.7 Å². The molecule has 0 amide bonds. The third kappa shape index (κ3) is 1.99. The maximum atomic E-state index is 11.3. The van der Waals surface area contributed by atoms with Crippen LogP contribution in [0.3, 0.4) is 0 Å². The zero-order valence-corrected chi connectivity index (χ0v) is 7.90. The number of rotatable bonds is 3. The van der Waals surface area contributed by atoms with Crippen LogP contribution in [0.2, 0.25) is 0 Å². The van der Waals surface area contributed by atoms with Crippen LogP contribution in [-0.4, -0.2) is 31.8 Å². The number of esters is 1. The number of carbonyl (C=O) groups excluding carboxylic acids is 1. The highest BCUT2D eigenvalue weighted by atomic mass is 16.5. The summed E-state index contributed by atoms with van der Waals surface area (Å²) >= 11 is 0. The van der Waals surface area contributed by atoms with E-state index in [1.54, 1.807) is 25.9 Å². The minimum atomic E-state index is -0.410. The van der Waals surface area contributed by atoms with Gasteiger partial charge in [-0.1, -0.05) is 5.16 Å². The number of aromatic nitrogens is 1. The number of anilines is 1. The third-order valence-electron chi connectivity index (χ3n) is 1.45. The minimum Gasteiger partial charge on any atom is -0.462 e. The second-order valence-electron chi connectivity index (χ2n) is 2.66. The molecule has 0 unspecified atom stereocenters. The Hall–Kier alpha value is -1.52. The molecular weight excluding hydrogens is 172 g/mol. The third-order valence-corrected chi connectivity index (χ3v) is 1.45. The Bertz CT molecular complexity index is 293. The highest BCUT2D eigenvalue weighted by molar-refractivity contribution is 5.93. The highest BCUT2D eigenvalue weighted by Crippen LogP contribution is 2.17. The van der Waals surface area contributed by atoms with Gasteiger partial charge in [-0.2, -0.15) is 0 Å². The first-order valence-corrected chi connectivity index (χ1v) is 3.96. The molecule has 1 aromatic heterocycles. The van der Waals surface area contributed by atoms with Gasteiger partial charge >= 0.3 is 5.97 Å². The topological polar surface area (TPSA) is 55.6 Å². The minimum absolute atomic E-state index is 0.344. The monoisotopic (exact) mass is 184 g/mol. The smallest absolute Gasteiger partial charge is 0.345 e. The average molecular weight is 184 g/mol. The van der Waals surface area contributed by atoms with Crippen molar-refractivity contribution < 1.29 is 14.1 Å². The van der Waals surface area contributed by atoms with Gasteiger partial charge in [-0.3, -0.25) is 0 Å². The molecule has 0 fully saturated rings. The molecule has 0 aliphatic rings. The zero-order chi connectivity index (χ0) is 9.84. The molecule has 72 valence electrons. The first-order valence-electron chi connectivity index (χ1n) is 3.96. The SMILES string of the molecule is CCOC(=O)c1cnoc1N(C)C. The van der Waals surface area contributed by atoms with Crippen molar-refractivity contribution in [2.45, 2.75) is 6.92 Å². The van der Waals surface area contributed by atoms with E-state index in [0.717, 1.165) is 0 Å². The summed E-state index contributed by atoms with van der Waals surface area (Å²) in [6, 6.07) is 0. The Kier molecular flexibility index (Phi) is 2.89. The summed E-state index contributed by atoms with van der Waals surface area (Å²) < 4.78 is 9.68. The Morgan fingerprint density at radius 1 is 1.69 bits per heavy atom. The van der Waals surface area contributed by atoms with Crippen molar-refractivity contribution in [2.24, 2.45) is 0 Å². The van der Waals surface area contributed by atoms with Gasteiger partial charge in [0.1, 0.15) is 5.56 Å². The molecule has 5 heteroatoms. The molecule has 0 aliphatic heterocycles. The maximum absolute atomic E-state index is 11.3. The van der Waals surface area contributed by atoms with Crippen LogP contribution in [0.5, 0.6) is 0 Å². The van der Waals surface area contributed by atoms with E-state index in [0.29, 0.717) is 18.1 Å². The van der Waals surface area contributed by atoms with Gasteiger partial charge in [0.25, 0.3) is 0 Å². The second kappa shape index (κ2) is 3.93. The van der Waals surface area contributed by atoms with Gasteiger partial charge in [-0.15, -0.1) is 0 Å². The molecular formula is C8H12N2O3. The lowest BCUT2D eigenvalue weighted by Gasteiger charge is -2.08. The molecule has 1 rings (SSSR count). The van der Waals surface area contributed by atoms with Crippen molar-refractivity contribution in [2.75, 3.05) is 25.6 Å². The van der Waals surface area contributed by atoms with Crippen LogP contribution >= 0.6 is 0 Å². The van der Waals surface area contributed by atoms with Crippen LogP contribution in [0, 0.1) is 0 Å². The molecule has 0 atom stereocenters. The van der Waals surface area contributed by atoms with Gasteiger partial charge in [-0.25, -0.2) is 4.79 Å². The molecule has 0 aromatic carbocycles. The summed E-state index contributed by atoms with van der Waals surface area (Å²) in [5, 5.41) is 3.53. The van der Waals surface area contributed by atoms with E-state index in [1.165, 1.54) is 6.20 Å². The predicted molar refractivity (Wildman–Crippen MR) is 46.8 cm³/mol. The van der Waals surface area contributed by atoms with E-state index >= 15 is 0 Å². The van der Waals surface area contributed by atoms with E-state index in [1.807, 2.05) is 0 Å². The van der Waals surface area contributed by atoms with Crippen molar-refractivity contribution >= 4 is 11.9 Å². The largest absolute Gasteiger partial charge is 0.462 e. The predicted octanol–water partition coefficient (Wildman–Crippen LogP) is 0.917. The van der Waals surface area contributed by atoms with Crippen molar-refractivity contribution in [3.63, 3.8) is 0 Å². The molecule has 0 radical (unpaired) electrons. The van der Waals surface area contributed by atoms with Gasteiger partial charge in [0.2, 0.25) is 5.88 Å². The number of hydrogen-bond acceptors (Lipinski definition) is 5. The molecule has 1 aromatic rings. The first-order chi connectivity index (χ1) is 6.16. The number of carbonyl (C=O) groups is 1.